The molecule has 1 amide bonds. The van der Waals surface area contributed by atoms with Gasteiger partial charge in [0.1, 0.15) is 0 Å². The van der Waals surface area contributed by atoms with Crippen molar-refractivity contribution in [3.63, 3.8) is 0 Å². The van der Waals surface area contributed by atoms with Crippen molar-refractivity contribution in [2.75, 3.05) is 12.3 Å². The van der Waals surface area contributed by atoms with Crippen LogP contribution < -0.4 is 11.1 Å². The van der Waals surface area contributed by atoms with Crippen LogP contribution in [0, 0.1) is 0 Å². The molecule has 4 N–H and O–H groups in total. The van der Waals surface area contributed by atoms with Crippen LogP contribution in [-0.4, -0.2) is 23.7 Å². The van der Waals surface area contributed by atoms with Crippen molar-refractivity contribution < 1.29 is 9.90 Å². The Labute approximate surface area is 82.7 Å². The van der Waals surface area contributed by atoms with Crippen LogP contribution in [0.25, 0.3) is 0 Å². The fraction of sp³-hybridized carbons (Fsp3) is 0.300. The van der Waals surface area contributed by atoms with E-state index in [1.807, 2.05) is 0 Å². The van der Waals surface area contributed by atoms with Crippen LogP contribution in [0.1, 0.15) is 17.3 Å². The second-order valence-corrected chi connectivity index (χ2v) is 3.18. The maximum absolute atomic E-state index is 11.4. The molecule has 1 aromatic rings. The van der Waals surface area contributed by atoms with Gasteiger partial charge in [-0.3, -0.25) is 4.79 Å². The van der Waals surface area contributed by atoms with Crippen molar-refractivity contribution in [3.05, 3.63) is 29.8 Å². The number of nitrogens with two attached hydrogens (primary N) is 1. The van der Waals surface area contributed by atoms with E-state index in [1.54, 1.807) is 31.2 Å². The van der Waals surface area contributed by atoms with Gasteiger partial charge in [0.2, 0.25) is 0 Å². The highest BCUT2D eigenvalue weighted by Crippen LogP contribution is 2.05. The predicted molar refractivity (Wildman–Crippen MR) is 54.9 cm³/mol. The van der Waals surface area contributed by atoms with Gasteiger partial charge in [0.25, 0.3) is 5.91 Å². The lowest BCUT2D eigenvalue weighted by Crippen LogP contribution is -2.30. The average molecular weight is 194 g/mol. The summed E-state index contributed by atoms with van der Waals surface area (Å²) in [7, 11) is 0. The largest absolute Gasteiger partial charge is 0.399 e. The van der Waals surface area contributed by atoms with Gasteiger partial charge < -0.3 is 16.2 Å². The highest BCUT2D eigenvalue weighted by atomic mass is 16.3. The van der Waals surface area contributed by atoms with Gasteiger partial charge >= 0.3 is 0 Å². The van der Waals surface area contributed by atoms with Gasteiger partial charge in [-0.2, -0.15) is 0 Å². The topological polar surface area (TPSA) is 75.3 Å². The fourth-order valence-electron chi connectivity index (χ4n) is 1.02. The molecule has 0 heterocycles. The lowest BCUT2D eigenvalue weighted by molar-refractivity contribution is 0.0924. The third-order valence-corrected chi connectivity index (χ3v) is 1.71. The summed E-state index contributed by atoms with van der Waals surface area (Å²) >= 11 is 0. The summed E-state index contributed by atoms with van der Waals surface area (Å²) < 4.78 is 0. The first-order valence-corrected chi connectivity index (χ1v) is 4.41. The molecule has 1 rings (SSSR count). The molecular weight excluding hydrogens is 180 g/mol. The van der Waals surface area contributed by atoms with Crippen LogP contribution in [0.2, 0.25) is 0 Å². The molecule has 0 unspecified atom stereocenters. The highest BCUT2D eigenvalue weighted by molar-refractivity contribution is 5.94. The third-order valence-electron chi connectivity index (χ3n) is 1.71. The zero-order chi connectivity index (χ0) is 10.6. The Morgan fingerprint density at radius 2 is 2.36 bits per heavy atom. The highest BCUT2D eigenvalue weighted by Gasteiger charge is 2.05. The first kappa shape index (κ1) is 10.5. The molecule has 1 aromatic carbocycles. The Kier molecular flexibility index (Phi) is 3.48. The molecule has 0 bridgehead atoms. The molecule has 0 aliphatic heterocycles. The number of aliphatic hydroxyl groups is 1. The molecule has 0 aromatic heterocycles. The minimum absolute atomic E-state index is 0.224. The monoisotopic (exact) mass is 194 g/mol. The van der Waals surface area contributed by atoms with E-state index in [-0.39, 0.29) is 12.5 Å². The Morgan fingerprint density at radius 1 is 1.64 bits per heavy atom. The first-order chi connectivity index (χ1) is 6.59. The minimum Gasteiger partial charge on any atom is -0.399 e. The molecule has 1 atom stereocenters. The maximum Gasteiger partial charge on any atom is 0.251 e. The van der Waals surface area contributed by atoms with E-state index in [0.717, 1.165) is 0 Å². The van der Waals surface area contributed by atoms with E-state index < -0.39 is 6.10 Å². The first-order valence-electron chi connectivity index (χ1n) is 4.41. The summed E-state index contributed by atoms with van der Waals surface area (Å²) in [6.45, 7) is 1.85. The molecule has 14 heavy (non-hydrogen) atoms. The summed E-state index contributed by atoms with van der Waals surface area (Å²) in [5, 5.41) is 11.5. The van der Waals surface area contributed by atoms with E-state index >= 15 is 0 Å². The summed E-state index contributed by atoms with van der Waals surface area (Å²) in [6, 6.07) is 6.70. The van der Waals surface area contributed by atoms with Crippen LogP contribution in [0.4, 0.5) is 5.69 Å². The number of aliphatic hydroxyl groups excluding tert-OH is 1. The van der Waals surface area contributed by atoms with E-state index in [1.165, 1.54) is 0 Å². The van der Waals surface area contributed by atoms with E-state index in [0.29, 0.717) is 11.3 Å². The average Bonchev–Trinajstić information content (AvgIpc) is 2.14. The van der Waals surface area contributed by atoms with Crippen LogP contribution in [0.15, 0.2) is 24.3 Å². The zero-order valence-corrected chi connectivity index (χ0v) is 8.03. The van der Waals surface area contributed by atoms with E-state index in [2.05, 4.69) is 5.32 Å². The molecule has 0 fully saturated rings. The zero-order valence-electron chi connectivity index (χ0n) is 8.03. The number of benzene rings is 1. The Balaban J connectivity index is 2.61. The van der Waals surface area contributed by atoms with Gasteiger partial charge in [0, 0.05) is 17.8 Å². The SMILES string of the molecule is C[C@@H](O)CNC(=O)c1cccc(N)c1. The molecular formula is C10H14N2O2. The van der Waals surface area contributed by atoms with Crippen molar-refractivity contribution >= 4 is 11.6 Å². The van der Waals surface area contributed by atoms with Crippen LogP contribution >= 0.6 is 0 Å². The van der Waals surface area contributed by atoms with Crippen molar-refractivity contribution in [2.24, 2.45) is 0 Å². The van der Waals surface area contributed by atoms with E-state index in [9.17, 15) is 4.79 Å². The van der Waals surface area contributed by atoms with Crippen LogP contribution in [-0.2, 0) is 0 Å². The summed E-state index contributed by atoms with van der Waals surface area (Å²) in [4.78, 5) is 11.4. The number of hydrogen-bond donors (Lipinski definition) is 3. The summed E-state index contributed by atoms with van der Waals surface area (Å²) in [5.41, 5.74) is 6.58. The van der Waals surface area contributed by atoms with Gasteiger partial charge in [0.15, 0.2) is 0 Å². The number of nitrogen functional groups attached to an aromatic ring is 1. The second kappa shape index (κ2) is 4.62. The number of carbonyl (C=O) groups excluding carboxylic acids is 1. The number of amides is 1. The molecule has 0 spiro atoms. The van der Waals surface area contributed by atoms with Crippen molar-refractivity contribution in [3.8, 4) is 0 Å². The standard InChI is InChI=1S/C10H14N2O2/c1-7(13)6-12-10(14)8-3-2-4-9(11)5-8/h2-5,7,13H,6,11H2,1H3,(H,12,14)/t7-/m1/s1. The normalized spacial score (nSPS) is 12.1. The molecule has 4 heteroatoms. The molecule has 0 saturated carbocycles. The molecule has 0 saturated heterocycles. The van der Waals surface area contributed by atoms with Crippen LogP contribution in [0.3, 0.4) is 0 Å². The van der Waals surface area contributed by atoms with Crippen molar-refractivity contribution in [1.29, 1.82) is 0 Å². The number of carbonyl (C=O) groups is 1. The molecule has 0 radical (unpaired) electrons. The number of nitrogens with one attached hydrogen (secondary N) is 1. The Bertz CT molecular complexity index is 324. The minimum atomic E-state index is -0.542. The smallest absolute Gasteiger partial charge is 0.251 e. The van der Waals surface area contributed by atoms with Gasteiger partial charge in [-0.1, -0.05) is 6.07 Å². The Hall–Kier alpha value is -1.55. The Morgan fingerprint density at radius 3 is 2.93 bits per heavy atom. The van der Waals surface area contributed by atoms with Gasteiger partial charge in [-0.25, -0.2) is 0 Å². The van der Waals surface area contributed by atoms with Crippen LogP contribution in [0.5, 0.6) is 0 Å². The fourth-order valence-corrected chi connectivity index (χ4v) is 1.02. The molecule has 0 aliphatic carbocycles. The molecule has 4 nitrogen and oxygen atoms in total. The van der Waals surface area contributed by atoms with Gasteiger partial charge in [0.05, 0.1) is 6.10 Å². The van der Waals surface area contributed by atoms with E-state index in [4.69, 9.17) is 10.8 Å². The lowest BCUT2D eigenvalue weighted by atomic mass is 10.2. The number of anilines is 1. The van der Waals surface area contributed by atoms with Gasteiger partial charge in [-0.15, -0.1) is 0 Å². The number of hydrogen-bond acceptors (Lipinski definition) is 3. The quantitative estimate of drug-likeness (QED) is 0.609. The number of rotatable bonds is 3. The van der Waals surface area contributed by atoms with Gasteiger partial charge in [-0.05, 0) is 25.1 Å². The van der Waals surface area contributed by atoms with Crippen molar-refractivity contribution in [2.45, 2.75) is 13.0 Å². The van der Waals surface area contributed by atoms with Crippen molar-refractivity contribution in [1.82, 2.24) is 5.32 Å². The maximum atomic E-state index is 11.4. The second-order valence-electron chi connectivity index (χ2n) is 3.18. The summed E-state index contributed by atoms with van der Waals surface area (Å²) in [5.74, 6) is -0.224. The molecule has 0 aliphatic rings. The third kappa shape index (κ3) is 3.06. The molecule has 76 valence electrons. The summed E-state index contributed by atoms with van der Waals surface area (Å²) in [6.07, 6.45) is -0.542. The lowest BCUT2D eigenvalue weighted by Gasteiger charge is -2.07. The predicted octanol–water partition coefficient (Wildman–Crippen LogP) is 0.379.